The van der Waals surface area contributed by atoms with Gasteiger partial charge in [-0.25, -0.2) is 0 Å². The Hall–Kier alpha value is -1.42. The lowest BCUT2D eigenvalue weighted by Crippen LogP contribution is -2.12. The van der Waals surface area contributed by atoms with Crippen molar-refractivity contribution in [1.82, 2.24) is 0 Å². The van der Waals surface area contributed by atoms with E-state index < -0.39 is 6.10 Å². The van der Waals surface area contributed by atoms with Crippen LogP contribution < -0.4 is 10.1 Å². The smallest absolute Gasteiger partial charge is 0.121 e. The molecule has 3 nitrogen and oxygen atoms in total. The first-order valence-corrected chi connectivity index (χ1v) is 7.45. The number of nitrogens with one attached hydrogen (secondary N) is 1. The molecule has 0 aliphatic carbocycles. The fourth-order valence-corrected chi connectivity index (χ4v) is 2.38. The molecule has 2 aromatic rings. The topological polar surface area (TPSA) is 41.5 Å². The molecule has 1 unspecified atom stereocenters. The van der Waals surface area contributed by atoms with Crippen LogP contribution >= 0.6 is 23.2 Å². The van der Waals surface area contributed by atoms with Crippen LogP contribution in [0, 0.1) is 0 Å². The molecule has 0 amide bonds. The molecule has 5 heteroatoms. The number of aliphatic hydroxyl groups excluding tert-OH is 1. The average molecular weight is 326 g/mol. The summed E-state index contributed by atoms with van der Waals surface area (Å²) in [5.74, 6) is 0.790. The van der Waals surface area contributed by atoms with E-state index >= 15 is 0 Å². The average Bonchev–Trinajstić information content (AvgIpc) is 2.48. The van der Waals surface area contributed by atoms with Gasteiger partial charge >= 0.3 is 0 Å². The SMILES string of the molecule is CCOc1cccc(NCC(O)c2cc(Cl)ccc2Cl)c1. The minimum Gasteiger partial charge on any atom is -0.494 e. The molecule has 2 N–H and O–H groups in total. The van der Waals surface area contributed by atoms with Crippen LogP contribution in [0.2, 0.25) is 10.0 Å². The maximum Gasteiger partial charge on any atom is 0.121 e. The number of hydrogen-bond donors (Lipinski definition) is 2. The molecule has 0 heterocycles. The van der Waals surface area contributed by atoms with Crippen LogP contribution in [-0.2, 0) is 0 Å². The Labute approximate surface area is 134 Å². The Balaban J connectivity index is 2.02. The van der Waals surface area contributed by atoms with Crippen LogP contribution in [-0.4, -0.2) is 18.3 Å². The van der Waals surface area contributed by atoms with E-state index in [0.717, 1.165) is 11.4 Å². The van der Waals surface area contributed by atoms with E-state index in [1.54, 1.807) is 18.2 Å². The van der Waals surface area contributed by atoms with Gasteiger partial charge in [-0.3, -0.25) is 0 Å². The van der Waals surface area contributed by atoms with Gasteiger partial charge in [0.1, 0.15) is 5.75 Å². The number of ether oxygens (including phenoxy) is 1. The first kappa shape index (κ1) is 16.0. The van der Waals surface area contributed by atoms with Gasteiger partial charge in [0.2, 0.25) is 0 Å². The minimum absolute atomic E-state index is 0.329. The zero-order valence-corrected chi connectivity index (χ0v) is 13.2. The maximum absolute atomic E-state index is 10.2. The fraction of sp³-hybridized carbons (Fsp3) is 0.250. The number of halogens is 2. The van der Waals surface area contributed by atoms with Crippen LogP contribution in [0.1, 0.15) is 18.6 Å². The molecule has 2 rings (SSSR count). The molecular weight excluding hydrogens is 309 g/mol. The number of rotatable bonds is 6. The highest BCUT2D eigenvalue weighted by atomic mass is 35.5. The molecular formula is C16H17Cl2NO2. The van der Waals surface area contributed by atoms with E-state index in [1.165, 1.54) is 0 Å². The first-order valence-electron chi connectivity index (χ1n) is 6.70. The normalized spacial score (nSPS) is 12.0. The van der Waals surface area contributed by atoms with Crippen LogP contribution in [0.4, 0.5) is 5.69 Å². The summed E-state index contributed by atoms with van der Waals surface area (Å²) in [7, 11) is 0. The van der Waals surface area contributed by atoms with E-state index in [4.69, 9.17) is 27.9 Å². The zero-order chi connectivity index (χ0) is 15.2. The molecule has 0 bridgehead atoms. The minimum atomic E-state index is -0.744. The second kappa shape index (κ2) is 7.55. The maximum atomic E-state index is 10.2. The van der Waals surface area contributed by atoms with Gasteiger partial charge in [0.25, 0.3) is 0 Å². The van der Waals surface area contributed by atoms with Gasteiger partial charge in [0, 0.05) is 33.9 Å². The quantitative estimate of drug-likeness (QED) is 0.819. The van der Waals surface area contributed by atoms with E-state index in [1.807, 2.05) is 31.2 Å². The molecule has 0 aliphatic rings. The largest absolute Gasteiger partial charge is 0.494 e. The fourth-order valence-electron chi connectivity index (χ4n) is 1.96. The lowest BCUT2D eigenvalue weighted by atomic mass is 10.1. The van der Waals surface area contributed by atoms with E-state index in [-0.39, 0.29) is 0 Å². The number of benzene rings is 2. The summed E-state index contributed by atoms with van der Waals surface area (Å²) in [5, 5.41) is 14.4. The van der Waals surface area contributed by atoms with Gasteiger partial charge in [-0.1, -0.05) is 29.3 Å². The molecule has 112 valence electrons. The van der Waals surface area contributed by atoms with Gasteiger partial charge in [-0.15, -0.1) is 0 Å². The molecule has 21 heavy (non-hydrogen) atoms. The molecule has 0 saturated heterocycles. The summed E-state index contributed by atoms with van der Waals surface area (Å²) in [6.07, 6.45) is -0.744. The van der Waals surface area contributed by atoms with Crippen molar-refractivity contribution < 1.29 is 9.84 Å². The van der Waals surface area contributed by atoms with Crippen LogP contribution in [0.3, 0.4) is 0 Å². The molecule has 2 aromatic carbocycles. The van der Waals surface area contributed by atoms with Crippen molar-refractivity contribution >= 4 is 28.9 Å². The molecule has 0 spiro atoms. The van der Waals surface area contributed by atoms with Crippen molar-refractivity contribution in [3.05, 3.63) is 58.1 Å². The molecule has 0 fully saturated rings. The third kappa shape index (κ3) is 4.53. The first-order chi connectivity index (χ1) is 10.1. The lowest BCUT2D eigenvalue weighted by molar-refractivity contribution is 0.191. The van der Waals surface area contributed by atoms with Crippen molar-refractivity contribution in [2.24, 2.45) is 0 Å². The summed E-state index contributed by atoms with van der Waals surface area (Å²) >= 11 is 12.0. The highest BCUT2D eigenvalue weighted by Gasteiger charge is 2.12. The molecule has 0 saturated carbocycles. The third-order valence-corrected chi connectivity index (χ3v) is 3.54. The Morgan fingerprint density at radius 3 is 2.76 bits per heavy atom. The molecule has 0 aromatic heterocycles. The van der Waals surface area contributed by atoms with Crippen LogP contribution in [0.5, 0.6) is 5.75 Å². The predicted molar refractivity (Wildman–Crippen MR) is 87.5 cm³/mol. The standard InChI is InChI=1S/C16H17Cl2NO2/c1-2-21-13-5-3-4-12(9-13)19-10-16(20)14-8-11(17)6-7-15(14)18/h3-9,16,19-20H,2,10H2,1H3. The lowest BCUT2D eigenvalue weighted by Gasteiger charge is -2.15. The third-order valence-electron chi connectivity index (χ3n) is 2.96. The molecule has 0 aliphatic heterocycles. The van der Waals surface area contributed by atoms with Crippen molar-refractivity contribution in [3.63, 3.8) is 0 Å². The Bertz CT molecular complexity index is 605. The van der Waals surface area contributed by atoms with Crippen molar-refractivity contribution in [2.75, 3.05) is 18.5 Å². The molecule has 1 atom stereocenters. The van der Waals surface area contributed by atoms with Crippen molar-refractivity contribution in [2.45, 2.75) is 13.0 Å². The Morgan fingerprint density at radius 2 is 2.00 bits per heavy atom. The Kier molecular flexibility index (Phi) is 5.74. The van der Waals surface area contributed by atoms with Gasteiger partial charge in [-0.2, -0.15) is 0 Å². The van der Waals surface area contributed by atoms with Crippen LogP contribution in [0.15, 0.2) is 42.5 Å². The monoisotopic (exact) mass is 325 g/mol. The summed E-state index contributed by atoms with van der Waals surface area (Å²) in [6.45, 7) is 2.88. The van der Waals surface area contributed by atoms with Crippen molar-refractivity contribution in [3.8, 4) is 5.75 Å². The second-order valence-electron chi connectivity index (χ2n) is 4.52. The number of hydrogen-bond acceptors (Lipinski definition) is 3. The van der Waals surface area contributed by atoms with Gasteiger partial charge < -0.3 is 15.2 Å². The second-order valence-corrected chi connectivity index (χ2v) is 5.37. The van der Waals surface area contributed by atoms with Crippen LogP contribution in [0.25, 0.3) is 0 Å². The summed E-state index contributed by atoms with van der Waals surface area (Å²) in [4.78, 5) is 0. The number of aliphatic hydroxyl groups is 1. The predicted octanol–water partition coefficient (Wildman–Crippen LogP) is 4.54. The van der Waals surface area contributed by atoms with E-state index in [0.29, 0.717) is 28.8 Å². The van der Waals surface area contributed by atoms with Crippen molar-refractivity contribution in [1.29, 1.82) is 0 Å². The number of anilines is 1. The highest BCUT2D eigenvalue weighted by Crippen LogP contribution is 2.27. The van der Waals surface area contributed by atoms with Gasteiger partial charge in [0.05, 0.1) is 12.7 Å². The summed E-state index contributed by atoms with van der Waals surface area (Å²) < 4.78 is 5.43. The zero-order valence-electron chi connectivity index (χ0n) is 11.6. The highest BCUT2D eigenvalue weighted by molar-refractivity contribution is 6.33. The van der Waals surface area contributed by atoms with Gasteiger partial charge in [0.15, 0.2) is 0 Å². The summed E-state index contributed by atoms with van der Waals surface area (Å²) in [5.41, 5.74) is 1.48. The van der Waals surface area contributed by atoms with E-state index in [9.17, 15) is 5.11 Å². The van der Waals surface area contributed by atoms with E-state index in [2.05, 4.69) is 5.32 Å². The molecule has 0 radical (unpaired) electrons. The Morgan fingerprint density at radius 1 is 1.19 bits per heavy atom. The van der Waals surface area contributed by atoms with Gasteiger partial charge in [-0.05, 0) is 37.3 Å². The summed E-state index contributed by atoms with van der Waals surface area (Å²) in [6, 6.07) is 12.6.